The summed E-state index contributed by atoms with van der Waals surface area (Å²) < 4.78 is 0. The van der Waals surface area contributed by atoms with Crippen molar-refractivity contribution in [2.75, 3.05) is 0 Å². The third-order valence-electron chi connectivity index (χ3n) is 2.97. The predicted octanol–water partition coefficient (Wildman–Crippen LogP) is 5.83. The van der Waals surface area contributed by atoms with E-state index in [1.807, 2.05) is 0 Å². The van der Waals surface area contributed by atoms with Crippen LogP contribution in [0.1, 0.15) is 58.2 Å². The molecule has 17 heavy (non-hydrogen) atoms. The topological polar surface area (TPSA) is 0 Å². The van der Waals surface area contributed by atoms with Gasteiger partial charge in [0.2, 0.25) is 0 Å². The maximum absolute atomic E-state index is 6.49. The molecule has 2 heteroatoms. The van der Waals surface area contributed by atoms with Gasteiger partial charge in [-0.15, -0.1) is 0 Å². The van der Waals surface area contributed by atoms with Gasteiger partial charge in [0.1, 0.15) is 0 Å². The lowest BCUT2D eigenvalue weighted by Crippen LogP contribution is -2.17. The van der Waals surface area contributed by atoms with E-state index in [0.29, 0.717) is 0 Å². The van der Waals surface area contributed by atoms with E-state index in [9.17, 15) is 0 Å². The van der Waals surface area contributed by atoms with Gasteiger partial charge in [0, 0.05) is 10.4 Å². The van der Waals surface area contributed by atoms with Crippen molar-refractivity contribution in [1.29, 1.82) is 0 Å². The van der Waals surface area contributed by atoms with Crippen molar-refractivity contribution in [2.45, 2.75) is 57.7 Å². The third-order valence-corrected chi connectivity index (χ3v) is 4.02. The monoisotopic (exact) mass is 316 g/mol. The molecule has 0 amide bonds. The number of halogens is 2. The molecule has 1 aromatic carbocycles. The maximum atomic E-state index is 6.49. The number of alkyl halides is 1. The lowest BCUT2D eigenvalue weighted by Gasteiger charge is -2.27. The molecule has 0 atom stereocenters. The first kappa shape index (κ1) is 15.0. The van der Waals surface area contributed by atoms with Gasteiger partial charge in [-0.3, -0.25) is 0 Å². The second-order valence-electron chi connectivity index (χ2n) is 6.63. The molecule has 0 fully saturated rings. The smallest absolute Gasteiger partial charge is 0.0484 e. The largest absolute Gasteiger partial charge is 0.0876 e. The molecule has 0 aliphatic carbocycles. The van der Waals surface area contributed by atoms with Crippen molar-refractivity contribution in [1.82, 2.24) is 0 Å². The zero-order valence-electron chi connectivity index (χ0n) is 11.6. The molecular weight excluding hydrogens is 296 g/mol. The van der Waals surface area contributed by atoms with Gasteiger partial charge in [-0.1, -0.05) is 81.2 Å². The fourth-order valence-electron chi connectivity index (χ4n) is 1.76. The highest BCUT2D eigenvalue weighted by Crippen LogP contribution is 2.37. The molecule has 0 aliphatic heterocycles. The zero-order valence-corrected chi connectivity index (χ0v) is 14.0. The van der Waals surface area contributed by atoms with Crippen LogP contribution in [0.2, 0.25) is 5.02 Å². The van der Waals surface area contributed by atoms with Crippen LogP contribution in [-0.2, 0) is 16.2 Å². The number of hydrogen-bond donors (Lipinski definition) is 0. The maximum Gasteiger partial charge on any atom is 0.0484 e. The Hall–Kier alpha value is -0.0100. The molecule has 0 aliphatic rings. The van der Waals surface area contributed by atoms with Crippen LogP contribution in [0.3, 0.4) is 0 Å². The van der Waals surface area contributed by atoms with Crippen molar-refractivity contribution < 1.29 is 0 Å². The lowest BCUT2D eigenvalue weighted by atomic mass is 9.79. The van der Waals surface area contributed by atoms with Gasteiger partial charge in [-0.05, 0) is 27.5 Å². The molecule has 0 aromatic heterocycles. The normalized spacial score (nSPS) is 12.9. The van der Waals surface area contributed by atoms with Gasteiger partial charge >= 0.3 is 0 Å². The summed E-state index contributed by atoms with van der Waals surface area (Å²) in [5.41, 5.74) is 4.00. The van der Waals surface area contributed by atoms with Crippen LogP contribution in [0.5, 0.6) is 0 Å². The Morgan fingerprint density at radius 3 is 1.88 bits per heavy atom. The fraction of sp³-hybridized carbons (Fsp3) is 0.600. The molecule has 0 unspecified atom stereocenters. The molecular formula is C15H22BrCl. The van der Waals surface area contributed by atoms with Crippen LogP contribution in [0.15, 0.2) is 12.1 Å². The second-order valence-corrected chi connectivity index (χ2v) is 7.57. The minimum absolute atomic E-state index is 0.0786. The van der Waals surface area contributed by atoms with Gasteiger partial charge in [0.05, 0.1) is 0 Å². The first-order chi connectivity index (χ1) is 7.57. The van der Waals surface area contributed by atoms with Gasteiger partial charge in [-0.25, -0.2) is 0 Å². The molecule has 96 valence electrons. The van der Waals surface area contributed by atoms with Crippen molar-refractivity contribution >= 4 is 27.5 Å². The van der Waals surface area contributed by atoms with Crippen LogP contribution in [0.25, 0.3) is 0 Å². The average molecular weight is 318 g/mol. The van der Waals surface area contributed by atoms with Crippen LogP contribution in [0.4, 0.5) is 0 Å². The molecule has 1 rings (SSSR count). The van der Waals surface area contributed by atoms with Crippen molar-refractivity contribution in [2.24, 2.45) is 0 Å². The Balaban J connectivity index is 3.50. The SMILES string of the molecule is CC(C)(C)c1cc(CBr)c(Cl)c(C(C)(C)C)c1. The van der Waals surface area contributed by atoms with E-state index in [1.165, 1.54) is 16.7 Å². The molecule has 0 nitrogen and oxygen atoms in total. The van der Waals surface area contributed by atoms with E-state index in [2.05, 4.69) is 69.6 Å². The fourth-order valence-corrected chi connectivity index (χ4v) is 2.82. The Morgan fingerprint density at radius 2 is 1.53 bits per heavy atom. The first-order valence-electron chi connectivity index (χ1n) is 5.96. The van der Waals surface area contributed by atoms with Crippen molar-refractivity contribution in [3.63, 3.8) is 0 Å². The minimum atomic E-state index is 0.0786. The molecule has 0 saturated carbocycles. The van der Waals surface area contributed by atoms with E-state index in [0.717, 1.165) is 10.4 Å². The zero-order chi connectivity index (χ0) is 13.4. The molecule has 0 radical (unpaired) electrons. The summed E-state index contributed by atoms with van der Waals surface area (Å²) in [7, 11) is 0. The van der Waals surface area contributed by atoms with Crippen molar-refractivity contribution in [3.8, 4) is 0 Å². The van der Waals surface area contributed by atoms with E-state index in [-0.39, 0.29) is 10.8 Å². The van der Waals surface area contributed by atoms with Crippen LogP contribution < -0.4 is 0 Å². The summed E-state index contributed by atoms with van der Waals surface area (Å²) in [4.78, 5) is 0. The molecule has 1 aromatic rings. The summed E-state index contributed by atoms with van der Waals surface area (Å²) in [6.07, 6.45) is 0. The van der Waals surface area contributed by atoms with E-state index in [4.69, 9.17) is 11.6 Å². The minimum Gasteiger partial charge on any atom is -0.0876 e. The average Bonchev–Trinajstić information content (AvgIpc) is 2.14. The molecule has 0 spiro atoms. The predicted molar refractivity (Wildman–Crippen MR) is 81.5 cm³/mol. The Bertz CT molecular complexity index is 408. The lowest BCUT2D eigenvalue weighted by molar-refractivity contribution is 0.567. The third kappa shape index (κ3) is 3.48. The van der Waals surface area contributed by atoms with Crippen LogP contribution >= 0.6 is 27.5 Å². The van der Waals surface area contributed by atoms with Crippen LogP contribution in [-0.4, -0.2) is 0 Å². The van der Waals surface area contributed by atoms with E-state index in [1.54, 1.807) is 0 Å². The highest BCUT2D eigenvalue weighted by molar-refractivity contribution is 9.08. The number of benzene rings is 1. The van der Waals surface area contributed by atoms with Gasteiger partial charge in [0.25, 0.3) is 0 Å². The second kappa shape index (κ2) is 4.93. The van der Waals surface area contributed by atoms with Gasteiger partial charge in [0.15, 0.2) is 0 Å². The van der Waals surface area contributed by atoms with Gasteiger partial charge in [-0.2, -0.15) is 0 Å². The summed E-state index contributed by atoms with van der Waals surface area (Å²) in [5.74, 6) is 0. The van der Waals surface area contributed by atoms with E-state index >= 15 is 0 Å². The number of hydrogen-bond acceptors (Lipinski definition) is 0. The molecule has 0 bridgehead atoms. The Kier molecular flexibility index (Phi) is 4.37. The van der Waals surface area contributed by atoms with Crippen molar-refractivity contribution in [3.05, 3.63) is 33.8 Å². The summed E-state index contributed by atoms with van der Waals surface area (Å²) in [6.45, 7) is 13.3. The van der Waals surface area contributed by atoms with Crippen LogP contribution in [0, 0.1) is 0 Å². The molecule has 0 heterocycles. The Morgan fingerprint density at radius 1 is 1.00 bits per heavy atom. The highest BCUT2D eigenvalue weighted by atomic mass is 79.9. The summed E-state index contributed by atoms with van der Waals surface area (Å²) in [5, 5.41) is 1.71. The summed E-state index contributed by atoms with van der Waals surface area (Å²) in [6, 6.07) is 4.47. The quantitative estimate of drug-likeness (QED) is 0.572. The highest BCUT2D eigenvalue weighted by Gasteiger charge is 2.23. The number of rotatable bonds is 1. The first-order valence-corrected chi connectivity index (χ1v) is 7.46. The van der Waals surface area contributed by atoms with Gasteiger partial charge < -0.3 is 0 Å². The Labute approximate surface area is 119 Å². The molecule has 0 saturated heterocycles. The van der Waals surface area contributed by atoms with E-state index < -0.39 is 0 Å². The standard InChI is InChI=1S/C15H22BrCl/c1-14(2,3)11-7-10(9-16)13(17)12(8-11)15(4,5)6/h7-8H,9H2,1-6H3. The summed E-state index contributed by atoms with van der Waals surface area (Å²) >= 11 is 10.0. The molecule has 0 N–H and O–H groups in total.